The highest BCUT2D eigenvalue weighted by Crippen LogP contribution is 2.87. The first-order chi connectivity index (χ1) is 9.12. The Kier molecular flexibility index (Phi) is 1.90. The molecule has 19 heavy (non-hydrogen) atoms. The summed E-state index contributed by atoms with van der Waals surface area (Å²) in [5, 5.41) is 0. The minimum atomic E-state index is -2.50. The van der Waals surface area contributed by atoms with Gasteiger partial charge in [-0.3, -0.25) is 0 Å². The molecule has 2 aliphatic carbocycles. The van der Waals surface area contributed by atoms with Crippen molar-refractivity contribution in [3.8, 4) is 0 Å². The van der Waals surface area contributed by atoms with E-state index in [0.29, 0.717) is 6.42 Å². The molecular weight excluding hydrogens is 242 g/mol. The maximum absolute atomic E-state index is 13.8. The highest BCUT2D eigenvalue weighted by atomic mass is 19.3. The summed E-state index contributed by atoms with van der Waals surface area (Å²) >= 11 is 0. The van der Waals surface area contributed by atoms with Gasteiger partial charge in [0.05, 0.1) is 5.41 Å². The highest BCUT2D eigenvalue weighted by molar-refractivity contribution is 5.56. The standard InChI is InChI=1S/C17H14F2/c18-17(19)12-15(17)11-16(15,13-7-3-1-4-8-13)14-9-5-2-6-10-14/h1-10H,11-12H2. The number of benzene rings is 2. The molecule has 0 aliphatic heterocycles. The molecule has 0 radical (unpaired) electrons. The Morgan fingerprint density at radius 2 is 1.11 bits per heavy atom. The van der Waals surface area contributed by atoms with Crippen LogP contribution in [-0.4, -0.2) is 5.92 Å². The lowest BCUT2D eigenvalue weighted by atomic mass is 9.85. The maximum atomic E-state index is 13.8. The van der Waals surface area contributed by atoms with Crippen LogP contribution in [0.25, 0.3) is 0 Å². The van der Waals surface area contributed by atoms with Gasteiger partial charge in [0, 0.05) is 11.8 Å². The zero-order valence-corrected chi connectivity index (χ0v) is 10.4. The van der Waals surface area contributed by atoms with Crippen molar-refractivity contribution in [2.45, 2.75) is 24.2 Å². The fraction of sp³-hybridized carbons (Fsp3) is 0.294. The Balaban J connectivity index is 1.89. The van der Waals surface area contributed by atoms with Crippen molar-refractivity contribution in [3.63, 3.8) is 0 Å². The predicted octanol–water partition coefficient (Wildman–Crippen LogP) is 4.40. The molecular formula is C17H14F2. The largest absolute Gasteiger partial charge is 0.255 e. The molecule has 1 spiro atoms. The predicted molar refractivity (Wildman–Crippen MR) is 70.3 cm³/mol. The van der Waals surface area contributed by atoms with Crippen molar-refractivity contribution in [3.05, 3.63) is 71.8 Å². The molecule has 0 nitrogen and oxygen atoms in total. The van der Waals surface area contributed by atoms with Crippen molar-refractivity contribution in [1.29, 1.82) is 0 Å². The first kappa shape index (κ1) is 11.2. The molecule has 0 saturated heterocycles. The van der Waals surface area contributed by atoms with Crippen LogP contribution in [0.1, 0.15) is 24.0 Å². The Bertz CT molecular complexity index is 579. The van der Waals surface area contributed by atoms with E-state index in [1.165, 1.54) is 0 Å². The molecule has 4 rings (SSSR count). The minimum absolute atomic E-state index is 0.0315. The third kappa shape index (κ3) is 1.22. The summed E-state index contributed by atoms with van der Waals surface area (Å²) in [6, 6.07) is 19.5. The van der Waals surface area contributed by atoms with E-state index < -0.39 is 16.8 Å². The van der Waals surface area contributed by atoms with Crippen LogP contribution in [0.15, 0.2) is 60.7 Å². The van der Waals surface area contributed by atoms with Gasteiger partial charge in [-0.15, -0.1) is 0 Å². The quantitative estimate of drug-likeness (QED) is 0.747. The van der Waals surface area contributed by atoms with E-state index in [1.54, 1.807) is 0 Å². The first-order valence-electron chi connectivity index (χ1n) is 6.61. The topological polar surface area (TPSA) is 0 Å². The molecule has 2 saturated carbocycles. The molecule has 0 bridgehead atoms. The second-order valence-electron chi connectivity index (χ2n) is 5.78. The van der Waals surface area contributed by atoms with Crippen LogP contribution < -0.4 is 0 Å². The van der Waals surface area contributed by atoms with Gasteiger partial charge in [-0.1, -0.05) is 60.7 Å². The summed E-state index contributed by atoms with van der Waals surface area (Å²) in [5.74, 6) is -2.50. The molecule has 2 aromatic rings. The average molecular weight is 256 g/mol. The normalized spacial score (nSPS) is 29.2. The SMILES string of the molecule is FC1(F)CC12CC2(c1ccccc1)c1ccccc1. The molecule has 0 heterocycles. The Labute approximate surface area is 111 Å². The Morgan fingerprint density at radius 1 is 0.684 bits per heavy atom. The van der Waals surface area contributed by atoms with Crippen molar-refractivity contribution in [2.24, 2.45) is 5.41 Å². The monoisotopic (exact) mass is 256 g/mol. The van der Waals surface area contributed by atoms with E-state index in [-0.39, 0.29) is 6.42 Å². The second kappa shape index (κ2) is 3.24. The van der Waals surface area contributed by atoms with Crippen molar-refractivity contribution in [2.75, 3.05) is 0 Å². The molecule has 2 aliphatic rings. The van der Waals surface area contributed by atoms with Gasteiger partial charge in [-0.05, 0) is 17.5 Å². The van der Waals surface area contributed by atoms with Gasteiger partial charge in [0.15, 0.2) is 0 Å². The van der Waals surface area contributed by atoms with Crippen LogP contribution in [0.4, 0.5) is 8.78 Å². The molecule has 1 atom stereocenters. The Morgan fingerprint density at radius 3 is 1.42 bits per heavy atom. The summed E-state index contributed by atoms with van der Waals surface area (Å²) < 4.78 is 27.7. The van der Waals surface area contributed by atoms with E-state index in [9.17, 15) is 8.78 Å². The molecule has 2 heteroatoms. The van der Waals surface area contributed by atoms with Crippen LogP contribution in [0.3, 0.4) is 0 Å². The number of halogens is 2. The summed E-state index contributed by atoms with van der Waals surface area (Å²) in [6.07, 6.45) is 0.602. The van der Waals surface area contributed by atoms with Gasteiger partial charge in [0.25, 0.3) is 5.92 Å². The minimum Gasteiger partial charge on any atom is -0.206 e. The van der Waals surface area contributed by atoms with E-state index in [0.717, 1.165) is 11.1 Å². The van der Waals surface area contributed by atoms with Crippen molar-refractivity contribution < 1.29 is 8.78 Å². The van der Waals surface area contributed by atoms with Crippen molar-refractivity contribution in [1.82, 2.24) is 0 Å². The summed E-state index contributed by atoms with van der Waals surface area (Å²) in [6.45, 7) is 0. The second-order valence-corrected chi connectivity index (χ2v) is 5.78. The van der Waals surface area contributed by atoms with Crippen LogP contribution in [-0.2, 0) is 5.41 Å². The molecule has 1 unspecified atom stereocenters. The van der Waals surface area contributed by atoms with Crippen LogP contribution >= 0.6 is 0 Å². The van der Waals surface area contributed by atoms with Gasteiger partial charge in [0.1, 0.15) is 0 Å². The number of alkyl halides is 2. The van der Waals surface area contributed by atoms with Gasteiger partial charge < -0.3 is 0 Å². The zero-order chi connectivity index (χ0) is 13.1. The first-order valence-corrected chi connectivity index (χ1v) is 6.61. The summed E-state index contributed by atoms with van der Waals surface area (Å²) in [7, 11) is 0. The fourth-order valence-electron chi connectivity index (χ4n) is 3.77. The van der Waals surface area contributed by atoms with E-state index >= 15 is 0 Å². The van der Waals surface area contributed by atoms with E-state index in [2.05, 4.69) is 0 Å². The van der Waals surface area contributed by atoms with Gasteiger partial charge in [-0.2, -0.15) is 0 Å². The average Bonchev–Trinajstić information content (AvgIpc) is 3.27. The lowest BCUT2D eigenvalue weighted by molar-refractivity contribution is 0.0887. The number of rotatable bonds is 2. The summed E-state index contributed by atoms with van der Waals surface area (Å²) in [5.41, 5.74) is 0.763. The van der Waals surface area contributed by atoms with Gasteiger partial charge in [-0.25, -0.2) is 8.78 Å². The molecule has 96 valence electrons. The lowest BCUT2D eigenvalue weighted by Crippen LogP contribution is -2.15. The maximum Gasteiger partial charge on any atom is 0.255 e. The van der Waals surface area contributed by atoms with Gasteiger partial charge >= 0.3 is 0 Å². The summed E-state index contributed by atoms with van der Waals surface area (Å²) in [4.78, 5) is 0. The molecule has 0 aromatic heterocycles. The highest BCUT2D eigenvalue weighted by Gasteiger charge is 2.90. The smallest absolute Gasteiger partial charge is 0.206 e. The van der Waals surface area contributed by atoms with Gasteiger partial charge in [0.2, 0.25) is 0 Å². The van der Waals surface area contributed by atoms with Crippen LogP contribution in [0, 0.1) is 5.41 Å². The number of hydrogen-bond donors (Lipinski definition) is 0. The van der Waals surface area contributed by atoms with Crippen LogP contribution in [0.2, 0.25) is 0 Å². The van der Waals surface area contributed by atoms with Crippen molar-refractivity contribution >= 4 is 0 Å². The molecule has 2 aromatic carbocycles. The third-order valence-electron chi connectivity index (χ3n) is 4.89. The zero-order valence-electron chi connectivity index (χ0n) is 10.4. The Hall–Kier alpha value is -1.70. The van der Waals surface area contributed by atoms with E-state index in [4.69, 9.17) is 0 Å². The molecule has 0 amide bonds. The van der Waals surface area contributed by atoms with Crippen LogP contribution in [0.5, 0.6) is 0 Å². The fourth-order valence-corrected chi connectivity index (χ4v) is 3.77. The number of hydrogen-bond acceptors (Lipinski definition) is 0. The van der Waals surface area contributed by atoms with E-state index in [1.807, 2.05) is 60.7 Å². The molecule has 2 fully saturated rings. The lowest BCUT2D eigenvalue weighted by Gasteiger charge is -2.19. The third-order valence-corrected chi connectivity index (χ3v) is 4.89. The molecule has 0 N–H and O–H groups in total.